The van der Waals surface area contributed by atoms with Crippen LogP contribution in [0.25, 0.3) is 0 Å². The summed E-state index contributed by atoms with van der Waals surface area (Å²) in [4.78, 5) is 23.7. The number of nitrogens with one attached hydrogen (secondary N) is 3. The van der Waals surface area contributed by atoms with Crippen LogP contribution in [0.3, 0.4) is 0 Å². The minimum atomic E-state index is -0.527. The van der Waals surface area contributed by atoms with Crippen molar-refractivity contribution in [2.45, 2.75) is 13.0 Å². The zero-order valence-electron chi connectivity index (χ0n) is 14.4. The Morgan fingerprint density at radius 1 is 1.04 bits per heavy atom. The van der Waals surface area contributed by atoms with Gasteiger partial charge in [0.1, 0.15) is 11.8 Å². The molecular weight excluding hydrogens is 318 g/mol. The maximum absolute atomic E-state index is 12.7. The van der Waals surface area contributed by atoms with Crippen LogP contribution in [0.1, 0.15) is 18.5 Å². The van der Waals surface area contributed by atoms with Crippen molar-refractivity contribution in [1.82, 2.24) is 10.6 Å². The van der Waals surface area contributed by atoms with Crippen LogP contribution >= 0.6 is 0 Å². The van der Waals surface area contributed by atoms with Gasteiger partial charge < -0.3 is 20.7 Å². The van der Waals surface area contributed by atoms with Crippen molar-refractivity contribution >= 4 is 17.5 Å². The lowest BCUT2D eigenvalue weighted by Crippen LogP contribution is -2.37. The van der Waals surface area contributed by atoms with E-state index in [1.54, 1.807) is 19.2 Å². The third kappa shape index (κ3) is 5.93. The first kappa shape index (κ1) is 18.5. The van der Waals surface area contributed by atoms with Gasteiger partial charge in [-0.05, 0) is 17.7 Å². The van der Waals surface area contributed by atoms with Crippen molar-refractivity contribution in [3.05, 3.63) is 60.2 Å². The van der Waals surface area contributed by atoms with E-state index < -0.39 is 6.04 Å². The van der Waals surface area contributed by atoms with Crippen molar-refractivity contribution in [2.24, 2.45) is 0 Å². The fourth-order valence-electron chi connectivity index (χ4n) is 2.38. The van der Waals surface area contributed by atoms with E-state index in [-0.39, 0.29) is 11.8 Å². The summed E-state index contributed by atoms with van der Waals surface area (Å²) in [6.45, 7) is 2.39. The number of rotatable bonds is 8. The van der Waals surface area contributed by atoms with Gasteiger partial charge in [-0.3, -0.25) is 9.59 Å². The number of carbonyl (C=O) groups is 2. The minimum Gasteiger partial charge on any atom is -0.497 e. The monoisotopic (exact) mass is 341 g/mol. The Kier molecular flexibility index (Phi) is 6.98. The Hall–Kier alpha value is -2.86. The van der Waals surface area contributed by atoms with Gasteiger partial charge in [0, 0.05) is 31.8 Å². The van der Waals surface area contributed by atoms with E-state index >= 15 is 0 Å². The quantitative estimate of drug-likeness (QED) is 0.643. The molecule has 2 aromatic rings. The van der Waals surface area contributed by atoms with Gasteiger partial charge in [0.15, 0.2) is 0 Å². The Bertz CT molecular complexity index is 704. The van der Waals surface area contributed by atoms with Gasteiger partial charge in [-0.15, -0.1) is 0 Å². The standard InChI is InChI=1S/C19H23N3O3/c1-14(23)20-11-12-21-18(15-7-4-3-5-8-15)19(24)22-16-9-6-10-17(13-16)25-2/h3-10,13,18,21H,11-12H2,1-2H3,(H,20,23)(H,22,24)/t18-/m1/s1. The summed E-state index contributed by atoms with van der Waals surface area (Å²) >= 11 is 0. The van der Waals surface area contributed by atoms with Crippen molar-refractivity contribution in [2.75, 3.05) is 25.5 Å². The van der Waals surface area contributed by atoms with Gasteiger partial charge in [0.05, 0.1) is 7.11 Å². The van der Waals surface area contributed by atoms with Crippen molar-refractivity contribution < 1.29 is 14.3 Å². The summed E-state index contributed by atoms with van der Waals surface area (Å²) in [5, 5.41) is 8.78. The lowest BCUT2D eigenvalue weighted by Gasteiger charge is -2.19. The molecule has 0 aromatic heterocycles. The molecule has 0 heterocycles. The van der Waals surface area contributed by atoms with E-state index in [1.807, 2.05) is 42.5 Å². The number of hydrogen-bond donors (Lipinski definition) is 3. The van der Waals surface area contributed by atoms with Gasteiger partial charge in [0.25, 0.3) is 0 Å². The third-order valence-electron chi connectivity index (χ3n) is 3.58. The molecule has 0 radical (unpaired) electrons. The number of methoxy groups -OCH3 is 1. The minimum absolute atomic E-state index is 0.0982. The van der Waals surface area contributed by atoms with Gasteiger partial charge in [-0.1, -0.05) is 36.4 Å². The molecule has 3 N–H and O–H groups in total. The first-order valence-corrected chi connectivity index (χ1v) is 8.08. The first-order valence-electron chi connectivity index (χ1n) is 8.08. The van der Waals surface area contributed by atoms with E-state index in [1.165, 1.54) is 6.92 Å². The molecule has 0 saturated carbocycles. The normalized spacial score (nSPS) is 11.4. The SMILES string of the molecule is COc1cccc(NC(=O)[C@H](NCCNC(C)=O)c2ccccc2)c1. The Morgan fingerprint density at radius 2 is 1.80 bits per heavy atom. The molecule has 0 unspecified atom stereocenters. The average molecular weight is 341 g/mol. The molecule has 2 amide bonds. The van der Waals surface area contributed by atoms with Crippen molar-refractivity contribution in [3.8, 4) is 5.75 Å². The number of amides is 2. The summed E-state index contributed by atoms with van der Waals surface area (Å²) in [5.74, 6) is 0.397. The highest BCUT2D eigenvalue weighted by Crippen LogP contribution is 2.19. The van der Waals surface area contributed by atoms with Crippen LogP contribution in [0.4, 0.5) is 5.69 Å². The molecule has 6 nitrogen and oxygen atoms in total. The number of carbonyl (C=O) groups excluding carboxylic acids is 2. The van der Waals surface area contributed by atoms with Crippen LogP contribution in [-0.2, 0) is 9.59 Å². The zero-order valence-corrected chi connectivity index (χ0v) is 14.4. The molecule has 2 rings (SSSR count). The van der Waals surface area contributed by atoms with Crippen LogP contribution in [0, 0.1) is 0 Å². The highest BCUT2D eigenvalue weighted by molar-refractivity contribution is 5.95. The molecule has 1 atom stereocenters. The van der Waals surface area contributed by atoms with E-state index in [2.05, 4.69) is 16.0 Å². The Morgan fingerprint density at radius 3 is 2.48 bits per heavy atom. The van der Waals surface area contributed by atoms with Crippen molar-refractivity contribution in [1.29, 1.82) is 0 Å². The van der Waals surface area contributed by atoms with Crippen LogP contribution in [0.15, 0.2) is 54.6 Å². The summed E-state index contributed by atoms with van der Waals surface area (Å²) in [6, 6.07) is 16.1. The molecule has 0 fully saturated rings. The van der Waals surface area contributed by atoms with Crippen LogP contribution in [0.5, 0.6) is 5.75 Å². The number of ether oxygens (including phenoxy) is 1. The molecule has 2 aromatic carbocycles. The molecule has 0 bridgehead atoms. The molecule has 0 aliphatic heterocycles. The summed E-state index contributed by atoms with van der Waals surface area (Å²) in [7, 11) is 1.58. The second kappa shape index (κ2) is 9.44. The predicted molar refractivity (Wildman–Crippen MR) is 97.5 cm³/mol. The molecule has 0 spiro atoms. The summed E-state index contributed by atoms with van der Waals surface area (Å²) < 4.78 is 5.18. The lowest BCUT2D eigenvalue weighted by atomic mass is 10.1. The fraction of sp³-hybridized carbons (Fsp3) is 0.263. The van der Waals surface area contributed by atoms with E-state index in [4.69, 9.17) is 4.74 Å². The van der Waals surface area contributed by atoms with Gasteiger partial charge >= 0.3 is 0 Å². The third-order valence-corrected chi connectivity index (χ3v) is 3.58. The highest BCUT2D eigenvalue weighted by Gasteiger charge is 2.20. The smallest absolute Gasteiger partial charge is 0.246 e. The molecule has 0 saturated heterocycles. The first-order chi connectivity index (χ1) is 12.1. The topological polar surface area (TPSA) is 79.5 Å². The van der Waals surface area contributed by atoms with Gasteiger partial charge in [0.2, 0.25) is 11.8 Å². The second-order valence-corrected chi connectivity index (χ2v) is 5.50. The number of benzene rings is 2. The van der Waals surface area contributed by atoms with E-state index in [9.17, 15) is 9.59 Å². The second-order valence-electron chi connectivity index (χ2n) is 5.50. The number of anilines is 1. The molecule has 0 aliphatic carbocycles. The molecule has 25 heavy (non-hydrogen) atoms. The Balaban J connectivity index is 2.07. The Labute approximate surface area is 147 Å². The highest BCUT2D eigenvalue weighted by atomic mass is 16.5. The summed E-state index contributed by atoms with van der Waals surface area (Å²) in [5.41, 5.74) is 1.51. The van der Waals surface area contributed by atoms with Gasteiger partial charge in [-0.25, -0.2) is 0 Å². The molecular formula is C19H23N3O3. The lowest BCUT2D eigenvalue weighted by molar-refractivity contribution is -0.119. The molecule has 6 heteroatoms. The largest absolute Gasteiger partial charge is 0.497 e. The van der Waals surface area contributed by atoms with Crippen LogP contribution < -0.4 is 20.7 Å². The van der Waals surface area contributed by atoms with E-state index in [0.29, 0.717) is 24.5 Å². The van der Waals surface area contributed by atoms with Crippen molar-refractivity contribution in [3.63, 3.8) is 0 Å². The van der Waals surface area contributed by atoms with Crippen LogP contribution in [0.2, 0.25) is 0 Å². The van der Waals surface area contributed by atoms with E-state index in [0.717, 1.165) is 5.56 Å². The predicted octanol–water partition coefficient (Wildman–Crippen LogP) is 2.10. The average Bonchev–Trinajstić information content (AvgIpc) is 2.62. The fourth-order valence-corrected chi connectivity index (χ4v) is 2.38. The number of hydrogen-bond acceptors (Lipinski definition) is 4. The molecule has 0 aliphatic rings. The maximum Gasteiger partial charge on any atom is 0.246 e. The zero-order chi connectivity index (χ0) is 18.1. The van der Waals surface area contributed by atoms with Crippen LogP contribution in [-0.4, -0.2) is 32.0 Å². The molecule has 132 valence electrons. The summed E-state index contributed by atoms with van der Waals surface area (Å²) in [6.07, 6.45) is 0. The maximum atomic E-state index is 12.7. The van der Waals surface area contributed by atoms with Gasteiger partial charge in [-0.2, -0.15) is 0 Å².